The zero-order chi connectivity index (χ0) is 23.0. The largest absolute Gasteiger partial charge is 0.489 e. The Morgan fingerprint density at radius 1 is 1.09 bits per heavy atom. The normalized spacial score (nSPS) is 19.8. The van der Waals surface area contributed by atoms with Crippen molar-refractivity contribution in [1.29, 1.82) is 0 Å². The van der Waals surface area contributed by atoms with E-state index in [1.807, 2.05) is 42.5 Å². The molecule has 5 heteroatoms. The van der Waals surface area contributed by atoms with Gasteiger partial charge in [0.1, 0.15) is 23.5 Å². The number of carbonyl (C=O) groups is 1. The number of hydrogen-bond acceptors (Lipinski definition) is 4. The molecule has 1 aliphatic carbocycles. The van der Waals surface area contributed by atoms with E-state index in [0.717, 1.165) is 46.7 Å². The summed E-state index contributed by atoms with van der Waals surface area (Å²) in [5, 5.41) is 7.79. The van der Waals surface area contributed by atoms with E-state index in [-0.39, 0.29) is 12.1 Å². The van der Waals surface area contributed by atoms with Gasteiger partial charge in [0.25, 0.3) is 5.91 Å². The third-order valence-electron chi connectivity index (χ3n) is 7.50. The average molecular weight is 461 g/mol. The number of nitrogens with one attached hydrogen (secondary N) is 2. The second kappa shape index (κ2) is 8.86. The number of hydrogen-bond donors (Lipinski definition) is 2. The highest BCUT2D eigenvalue weighted by molar-refractivity contribution is 7.16. The predicted molar refractivity (Wildman–Crippen MR) is 135 cm³/mol. The van der Waals surface area contributed by atoms with Crippen LogP contribution in [0.5, 0.6) is 5.75 Å². The summed E-state index contributed by atoms with van der Waals surface area (Å²) in [5.41, 5.74) is 4.60. The number of thiophene rings is 1. The Morgan fingerprint density at radius 2 is 1.91 bits per heavy atom. The average Bonchev–Trinajstić information content (AvgIpc) is 3.22. The topological polar surface area (TPSA) is 50.4 Å². The Kier molecular flexibility index (Phi) is 5.92. The van der Waals surface area contributed by atoms with E-state index >= 15 is 0 Å². The smallest absolute Gasteiger partial charge is 0.256 e. The lowest BCUT2D eigenvalue weighted by Gasteiger charge is -2.36. The molecule has 4 nitrogen and oxygen atoms in total. The molecule has 172 valence electrons. The number of ether oxygens (including phenoxy) is 1. The molecule has 5 rings (SSSR count). The molecule has 0 fully saturated rings. The molecule has 33 heavy (non-hydrogen) atoms. The van der Waals surface area contributed by atoms with Gasteiger partial charge in [0.2, 0.25) is 0 Å². The maximum absolute atomic E-state index is 13.2. The van der Waals surface area contributed by atoms with Crippen molar-refractivity contribution in [3.63, 3.8) is 0 Å². The summed E-state index contributed by atoms with van der Waals surface area (Å²) in [6.07, 6.45) is 4.16. The van der Waals surface area contributed by atoms with E-state index in [4.69, 9.17) is 4.74 Å². The Labute approximate surface area is 200 Å². The third kappa shape index (κ3) is 4.39. The fourth-order valence-electron chi connectivity index (χ4n) is 4.95. The molecule has 2 atom stereocenters. The third-order valence-corrected chi connectivity index (χ3v) is 8.68. The molecule has 1 aliphatic heterocycles. The molecular weight excluding hydrogens is 428 g/mol. The van der Waals surface area contributed by atoms with Gasteiger partial charge in [-0.15, -0.1) is 11.3 Å². The molecule has 2 aliphatic rings. The van der Waals surface area contributed by atoms with Crippen LogP contribution in [0.1, 0.15) is 71.7 Å². The second-order valence-corrected chi connectivity index (χ2v) is 11.0. The maximum atomic E-state index is 13.2. The SMILES string of the molecule is CCC(C)(C)[C@H]1CCc2c(sc3c2C(=O)N[C@@H](c2cccc(OCc4ccccc4)c2)N3)C1. The second-order valence-electron chi connectivity index (χ2n) is 9.89. The fourth-order valence-corrected chi connectivity index (χ4v) is 6.30. The van der Waals surface area contributed by atoms with Gasteiger partial charge in [0.15, 0.2) is 0 Å². The van der Waals surface area contributed by atoms with Crippen molar-refractivity contribution in [2.24, 2.45) is 11.3 Å². The van der Waals surface area contributed by atoms with Crippen LogP contribution in [0.4, 0.5) is 5.00 Å². The van der Waals surface area contributed by atoms with Gasteiger partial charge in [0, 0.05) is 4.88 Å². The molecule has 0 saturated carbocycles. The highest BCUT2D eigenvalue weighted by Gasteiger charge is 2.37. The van der Waals surface area contributed by atoms with Gasteiger partial charge in [-0.05, 0) is 59.4 Å². The van der Waals surface area contributed by atoms with Crippen LogP contribution in [0.2, 0.25) is 0 Å². The van der Waals surface area contributed by atoms with Gasteiger partial charge in [0.05, 0.1) is 5.56 Å². The Morgan fingerprint density at radius 3 is 2.70 bits per heavy atom. The van der Waals surface area contributed by atoms with Crippen LogP contribution in [0.25, 0.3) is 0 Å². The zero-order valence-corrected chi connectivity index (χ0v) is 20.4. The van der Waals surface area contributed by atoms with Crippen molar-refractivity contribution in [2.45, 2.75) is 59.2 Å². The fraction of sp³-hybridized carbons (Fsp3) is 0.393. The summed E-state index contributed by atoms with van der Waals surface area (Å²) < 4.78 is 6.00. The molecule has 0 unspecified atom stereocenters. The van der Waals surface area contributed by atoms with Crippen LogP contribution >= 0.6 is 11.3 Å². The molecule has 0 bridgehead atoms. The van der Waals surface area contributed by atoms with Crippen molar-refractivity contribution in [2.75, 3.05) is 5.32 Å². The van der Waals surface area contributed by atoms with Crippen LogP contribution in [0.3, 0.4) is 0 Å². The van der Waals surface area contributed by atoms with Crippen molar-refractivity contribution >= 4 is 22.2 Å². The van der Waals surface area contributed by atoms with Crippen LogP contribution in [-0.2, 0) is 19.4 Å². The van der Waals surface area contributed by atoms with Gasteiger partial charge in [-0.1, -0.05) is 69.7 Å². The van der Waals surface area contributed by atoms with E-state index in [2.05, 4.69) is 43.5 Å². The van der Waals surface area contributed by atoms with Gasteiger partial charge < -0.3 is 15.4 Å². The maximum Gasteiger partial charge on any atom is 0.256 e. The summed E-state index contributed by atoms with van der Waals surface area (Å²) in [7, 11) is 0. The molecule has 0 saturated heterocycles. The van der Waals surface area contributed by atoms with E-state index < -0.39 is 0 Å². The van der Waals surface area contributed by atoms with Crippen LogP contribution in [0.15, 0.2) is 54.6 Å². The number of amides is 1. The molecule has 2 heterocycles. The minimum atomic E-state index is -0.256. The summed E-state index contributed by atoms with van der Waals surface area (Å²) >= 11 is 1.78. The lowest BCUT2D eigenvalue weighted by Crippen LogP contribution is -2.38. The molecule has 2 aromatic carbocycles. The van der Waals surface area contributed by atoms with Crippen molar-refractivity contribution < 1.29 is 9.53 Å². The first-order valence-corrected chi connectivity index (χ1v) is 12.7. The quantitative estimate of drug-likeness (QED) is 0.429. The van der Waals surface area contributed by atoms with Gasteiger partial charge in [-0.25, -0.2) is 0 Å². The number of benzene rings is 2. The van der Waals surface area contributed by atoms with Gasteiger partial charge >= 0.3 is 0 Å². The van der Waals surface area contributed by atoms with Crippen molar-refractivity contribution in [3.8, 4) is 5.75 Å². The first-order valence-electron chi connectivity index (χ1n) is 11.9. The Hall–Kier alpha value is -2.79. The molecular formula is C28H32N2O2S. The number of fused-ring (bicyclic) bond motifs is 3. The zero-order valence-electron chi connectivity index (χ0n) is 19.6. The van der Waals surface area contributed by atoms with Crippen LogP contribution in [-0.4, -0.2) is 5.91 Å². The lowest BCUT2D eigenvalue weighted by molar-refractivity contribution is 0.0934. The standard InChI is InChI=1S/C28H32N2O2S/c1-4-28(2,3)20-13-14-22-23(16-20)33-27-24(22)26(31)29-25(30-27)19-11-8-12-21(15-19)32-17-18-9-6-5-7-10-18/h5-12,15,20,25,30H,4,13-14,16-17H2,1-3H3,(H,29,31)/t20-,25+/m0/s1. The summed E-state index contributed by atoms with van der Waals surface area (Å²) in [6.45, 7) is 7.56. The number of rotatable bonds is 6. The van der Waals surface area contributed by atoms with E-state index in [1.54, 1.807) is 11.3 Å². The van der Waals surface area contributed by atoms with Gasteiger partial charge in [-0.2, -0.15) is 0 Å². The summed E-state index contributed by atoms with van der Waals surface area (Å²) in [4.78, 5) is 14.5. The molecule has 3 aromatic rings. The minimum Gasteiger partial charge on any atom is -0.489 e. The van der Waals surface area contributed by atoms with Crippen molar-refractivity contribution in [3.05, 3.63) is 81.7 Å². The lowest BCUT2D eigenvalue weighted by atomic mass is 9.69. The van der Waals surface area contributed by atoms with E-state index in [9.17, 15) is 4.79 Å². The summed E-state index contributed by atoms with van der Waals surface area (Å²) in [5.74, 6) is 1.51. The monoisotopic (exact) mass is 460 g/mol. The van der Waals surface area contributed by atoms with Crippen LogP contribution < -0.4 is 15.4 Å². The van der Waals surface area contributed by atoms with Crippen LogP contribution in [0, 0.1) is 11.3 Å². The number of carbonyl (C=O) groups excluding carboxylic acids is 1. The first-order chi connectivity index (χ1) is 15.9. The van der Waals surface area contributed by atoms with E-state index in [1.165, 1.54) is 16.9 Å². The van der Waals surface area contributed by atoms with Gasteiger partial charge in [-0.3, -0.25) is 4.79 Å². The predicted octanol–water partition coefficient (Wildman–Crippen LogP) is 6.72. The molecule has 0 radical (unpaired) electrons. The Balaban J connectivity index is 1.33. The molecule has 2 N–H and O–H groups in total. The summed E-state index contributed by atoms with van der Waals surface area (Å²) in [6, 6.07) is 18.1. The first kappa shape index (κ1) is 22.0. The Bertz CT molecular complexity index is 1150. The highest BCUT2D eigenvalue weighted by atomic mass is 32.1. The highest BCUT2D eigenvalue weighted by Crippen LogP contribution is 2.47. The molecule has 1 aromatic heterocycles. The number of anilines is 1. The molecule has 1 amide bonds. The molecule has 0 spiro atoms. The minimum absolute atomic E-state index is 0.0371. The van der Waals surface area contributed by atoms with E-state index in [0.29, 0.717) is 17.9 Å². The van der Waals surface area contributed by atoms with Crippen molar-refractivity contribution in [1.82, 2.24) is 5.32 Å².